The third kappa shape index (κ3) is 3.50. The van der Waals surface area contributed by atoms with Gasteiger partial charge in [0.2, 0.25) is 0 Å². The van der Waals surface area contributed by atoms with Gasteiger partial charge in [0.15, 0.2) is 11.6 Å². The number of aromatic hydroxyl groups is 1. The van der Waals surface area contributed by atoms with Crippen LogP contribution in [0.15, 0.2) is 12.3 Å². The van der Waals surface area contributed by atoms with Crippen LogP contribution in [0.5, 0.6) is 5.75 Å². The highest BCUT2D eigenvalue weighted by Crippen LogP contribution is 2.31. The fourth-order valence-electron chi connectivity index (χ4n) is 1.79. The number of hydrogen-bond acceptors (Lipinski definition) is 3. The van der Waals surface area contributed by atoms with Crippen LogP contribution in [0.25, 0.3) is 10.9 Å². The fourth-order valence-corrected chi connectivity index (χ4v) is 3.40. The van der Waals surface area contributed by atoms with Crippen molar-refractivity contribution >= 4 is 41.6 Å². The Hall–Kier alpha value is -0.673. The molecule has 20 heavy (non-hydrogen) atoms. The third-order valence-electron chi connectivity index (χ3n) is 3.00. The van der Waals surface area contributed by atoms with E-state index in [-0.39, 0.29) is 5.75 Å². The van der Waals surface area contributed by atoms with Gasteiger partial charge in [0.05, 0.1) is 15.3 Å². The molecule has 0 fully saturated rings. The lowest BCUT2D eigenvalue weighted by Crippen LogP contribution is -2.22. The summed E-state index contributed by atoms with van der Waals surface area (Å²) >= 11 is 1.92. The van der Waals surface area contributed by atoms with E-state index in [1.807, 2.05) is 22.6 Å². The second-order valence-electron chi connectivity index (χ2n) is 5.95. The zero-order valence-electron chi connectivity index (χ0n) is 11.8. The quantitative estimate of drug-likeness (QED) is 0.465. The molecule has 2 rings (SSSR count). The molecule has 0 radical (unpaired) electrons. The third-order valence-corrected chi connectivity index (χ3v) is 5.73. The molecule has 0 bridgehead atoms. The first kappa shape index (κ1) is 15.7. The predicted molar refractivity (Wildman–Crippen MR) is 88.2 cm³/mol. The molecule has 0 aliphatic carbocycles. The Morgan fingerprint density at radius 3 is 2.80 bits per heavy atom. The van der Waals surface area contributed by atoms with Gasteiger partial charge in [-0.1, -0.05) is 19.6 Å². The molecule has 110 valence electrons. The van der Waals surface area contributed by atoms with Crippen LogP contribution in [0.4, 0.5) is 4.39 Å². The molecule has 0 aliphatic heterocycles. The number of rotatable bonds is 5. The topological polar surface area (TPSA) is 47.3 Å². The van der Waals surface area contributed by atoms with E-state index in [1.54, 1.807) is 10.9 Å². The van der Waals surface area contributed by atoms with Crippen LogP contribution in [-0.2, 0) is 11.5 Å². The van der Waals surface area contributed by atoms with Gasteiger partial charge in [0.25, 0.3) is 0 Å². The van der Waals surface area contributed by atoms with E-state index in [0.29, 0.717) is 27.8 Å². The fraction of sp³-hybridized carbons (Fsp3) is 0.462. The number of aromatic nitrogens is 2. The summed E-state index contributed by atoms with van der Waals surface area (Å²) in [7, 11) is -1.11. The van der Waals surface area contributed by atoms with Crippen molar-refractivity contribution in [3.05, 3.63) is 21.7 Å². The molecule has 0 aliphatic rings. The number of phenolic OH excluding ortho intramolecular Hbond substituents is 1. The van der Waals surface area contributed by atoms with E-state index in [1.165, 1.54) is 6.07 Å². The number of phenols is 1. The van der Waals surface area contributed by atoms with Gasteiger partial charge < -0.3 is 9.84 Å². The van der Waals surface area contributed by atoms with Crippen molar-refractivity contribution in [3.63, 3.8) is 0 Å². The van der Waals surface area contributed by atoms with Crippen LogP contribution < -0.4 is 0 Å². The first-order chi connectivity index (χ1) is 9.29. The molecule has 0 amide bonds. The number of benzene rings is 1. The van der Waals surface area contributed by atoms with Crippen molar-refractivity contribution in [1.82, 2.24) is 9.78 Å². The van der Waals surface area contributed by atoms with E-state index < -0.39 is 13.9 Å². The maximum atomic E-state index is 13.4. The minimum absolute atomic E-state index is 0.315. The van der Waals surface area contributed by atoms with Crippen molar-refractivity contribution in [2.24, 2.45) is 0 Å². The lowest BCUT2D eigenvalue weighted by Gasteiger charge is -2.15. The normalized spacial score (nSPS) is 12.2. The Morgan fingerprint density at radius 1 is 1.45 bits per heavy atom. The Balaban J connectivity index is 2.14. The van der Waals surface area contributed by atoms with Crippen LogP contribution in [0.3, 0.4) is 0 Å². The summed E-state index contributed by atoms with van der Waals surface area (Å²) in [5.74, 6) is -0.956. The van der Waals surface area contributed by atoms with E-state index in [0.717, 1.165) is 6.04 Å². The highest BCUT2D eigenvalue weighted by Gasteiger charge is 2.16. The van der Waals surface area contributed by atoms with Gasteiger partial charge in [-0.2, -0.15) is 5.10 Å². The van der Waals surface area contributed by atoms with E-state index in [2.05, 4.69) is 24.7 Å². The summed E-state index contributed by atoms with van der Waals surface area (Å²) in [6, 6.07) is 2.38. The molecule has 7 heteroatoms. The molecule has 0 unspecified atom stereocenters. The second kappa shape index (κ2) is 5.98. The van der Waals surface area contributed by atoms with Crippen LogP contribution in [0, 0.1) is 9.39 Å². The number of hydrogen-bond donors (Lipinski definition) is 1. The second-order valence-corrected chi connectivity index (χ2v) is 12.7. The predicted octanol–water partition coefficient (Wildman–Crippen LogP) is 3.80. The summed E-state index contributed by atoms with van der Waals surface area (Å²) in [6.07, 6.45) is 1.59. The van der Waals surface area contributed by atoms with Crippen molar-refractivity contribution in [2.75, 3.05) is 6.61 Å². The Morgan fingerprint density at radius 2 is 2.15 bits per heavy atom. The van der Waals surface area contributed by atoms with Gasteiger partial charge in [-0.05, 0) is 34.7 Å². The highest BCUT2D eigenvalue weighted by molar-refractivity contribution is 14.1. The summed E-state index contributed by atoms with van der Waals surface area (Å²) in [4.78, 5) is 0. The van der Waals surface area contributed by atoms with Crippen molar-refractivity contribution in [2.45, 2.75) is 32.4 Å². The summed E-state index contributed by atoms with van der Waals surface area (Å²) < 4.78 is 21.2. The monoisotopic (exact) mass is 408 g/mol. The molecule has 4 nitrogen and oxygen atoms in total. The molecule has 1 N–H and O–H groups in total. The lowest BCUT2D eigenvalue weighted by atomic mass is 10.2. The average Bonchev–Trinajstić information content (AvgIpc) is 2.74. The maximum Gasteiger partial charge on any atom is 0.167 e. The summed E-state index contributed by atoms with van der Waals surface area (Å²) in [5, 5.41) is 14.5. The van der Waals surface area contributed by atoms with Gasteiger partial charge >= 0.3 is 0 Å². The molecule has 2 aromatic rings. The first-order valence-electron chi connectivity index (χ1n) is 6.40. The molecule has 0 atom stereocenters. The number of ether oxygens (including phenoxy) is 1. The van der Waals surface area contributed by atoms with Gasteiger partial charge in [0, 0.05) is 20.1 Å². The molecular weight excluding hydrogens is 390 g/mol. The van der Waals surface area contributed by atoms with Gasteiger partial charge in [-0.15, -0.1) is 0 Å². The molecule has 1 heterocycles. The van der Waals surface area contributed by atoms with Crippen molar-refractivity contribution in [1.29, 1.82) is 0 Å². The van der Waals surface area contributed by atoms with Crippen LogP contribution in [0.1, 0.15) is 0 Å². The van der Waals surface area contributed by atoms with Crippen LogP contribution in [0.2, 0.25) is 25.7 Å². The van der Waals surface area contributed by atoms with Crippen LogP contribution >= 0.6 is 22.6 Å². The zero-order chi connectivity index (χ0) is 14.9. The minimum Gasteiger partial charge on any atom is -0.504 e. The maximum absolute atomic E-state index is 13.4. The van der Waals surface area contributed by atoms with E-state index in [4.69, 9.17) is 4.74 Å². The largest absolute Gasteiger partial charge is 0.504 e. The van der Waals surface area contributed by atoms with Gasteiger partial charge in [-0.3, -0.25) is 0 Å². The zero-order valence-corrected chi connectivity index (χ0v) is 14.9. The van der Waals surface area contributed by atoms with Gasteiger partial charge in [-0.25, -0.2) is 9.07 Å². The molecule has 0 spiro atoms. The Kier molecular flexibility index (Phi) is 4.70. The highest BCUT2D eigenvalue weighted by atomic mass is 127. The SMILES string of the molecule is C[Si](C)(C)CCOCn1ncc2cc(F)c(O)c(I)c21. The smallest absolute Gasteiger partial charge is 0.167 e. The number of nitrogens with zero attached hydrogens (tertiary/aromatic N) is 2. The minimum atomic E-state index is -1.11. The van der Waals surface area contributed by atoms with Gasteiger partial charge in [0.1, 0.15) is 6.73 Å². The molecule has 0 saturated heterocycles. The summed E-state index contributed by atoms with van der Waals surface area (Å²) in [6.45, 7) is 7.89. The number of halogens is 2. The first-order valence-corrected chi connectivity index (χ1v) is 11.2. The lowest BCUT2D eigenvalue weighted by molar-refractivity contribution is 0.0816. The standard InChI is InChI=1S/C13H18FIN2O2Si/c1-20(2,3)5-4-19-8-17-12-9(7-16-17)6-10(14)13(18)11(12)15/h6-7,18H,4-5,8H2,1-3H3. The molecule has 1 aromatic carbocycles. The van der Waals surface area contributed by atoms with Crippen LogP contribution in [-0.4, -0.2) is 29.6 Å². The molecule has 0 saturated carbocycles. The van der Waals surface area contributed by atoms with E-state index >= 15 is 0 Å². The van der Waals surface area contributed by atoms with E-state index in [9.17, 15) is 9.50 Å². The Labute approximate surface area is 132 Å². The van der Waals surface area contributed by atoms with Crippen molar-refractivity contribution in [3.8, 4) is 5.75 Å². The summed E-state index contributed by atoms with van der Waals surface area (Å²) in [5.41, 5.74) is 0.706. The van der Waals surface area contributed by atoms with Crippen molar-refractivity contribution < 1.29 is 14.2 Å². The molecular formula is C13H18FIN2O2Si. The Bertz CT molecular complexity index is 625. The average molecular weight is 408 g/mol. The number of fused-ring (bicyclic) bond motifs is 1. The molecule has 1 aromatic heterocycles.